The van der Waals surface area contributed by atoms with Crippen molar-refractivity contribution < 1.29 is 18.0 Å². The van der Waals surface area contributed by atoms with Crippen molar-refractivity contribution in [3.8, 4) is 0 Å². The van der Waals surface area contributed by atoms with E-state index < -0.39 is 24.2 Å². The Hall–Kier alpha value is -2.22. The molecule has 122 valence electrons. The smallest absolute Gasteiger partial charge is 0.364 e. The fourth-order valence-corrected chi connectivity index (χ4v) is 2.92. The standard InChI is InChI=1S/C14H12ClF3N4O/c15-10-11(12(19)23)21-22-9(14(16,17)18)6-8(20-13(10)22)7-4-2-1-3-5-7/h1-5,8-9,20H,6H2,(H2,19,23)/t8-,9-/m1/s1. The van der Waals surface area contributed by atoms with Gasteiger partial charge < -0.3 is 11.1 Å². The van der Waals surface area contributed by atoms with Gasteiger partial charge in [0, 0.05) is 6.42 Å². The Morgan fingerprint density at radius 2 is 2.00 bits per heavy atom. The molecule has 1 aromatic heterocycles. The molecule has 1 aromatic carbocycles. The summed E-state index contributed by atoms with van der Waals surface area (Å²) in [5.41, 5.74) is 5.43. The van der Waals surface area contributed by atoms with E-state index >= 15 is 0 Å². The molecule has 0 saturated carbocycles. The summed E-state index contributed by atoms with van der Waals surface area (Å²) in [7, 11) is 0. The number of amides is 1. The number of nitrogens with zero attached hydrogens (tertiary/aromatic N) is 2. The van der Waals surface area contributed by atoms with Crippen molar-refractivity contribution in [2.75, 3.05) is 5.32 Å². The van der Waals surface area contributed by atoms with Crippen molar-refractivity contribution >= 4 is 23.3 Å². The van der Waals surface area contributed by atoms with Crippen LogP contribution in [-0.2, 0) is 0 Å². The van der Waals surface area contributed by atoms with Gasteiger partial charge in [-0.15, -0.1) is 0 Å². The largest absolute Gasteiger partial charge is 0.410 e. The van der Waals surface area contributed by atoms with E-state index in [4.69, 9.17) is 17.3 Å². The first-order chi connectivity index (χ1) is 10.8. The van der Waals surface area contributed by atoms with Crippen molar-refractivity contribution in [1.82, 2.24) is 9.78 Å². The molecule has 2 heterocycles. The molecule has 3 rings (SSSR count). The average molecular weight is 345 g/mol. The van der Waals surface area contributed by atoms with Crippen molar-refractivity contribution in [2.24, 2.45) is 5.73 Å². The van der Waals surface area contributed by atoms with E-state index in [0.717, 1.165) is 0 Å². The van der Waals surface area contributed by atoms with E-state index in [0.29, 0.717) is 10.2 Å². The van der Waals surface area contributed by atoms with Gasteiger partial charge in [-0.3, -0.25) is 4.79 Å². The Balaban J connectivity index is 2.10. The predicted octanol–water partition coefficient (Wildman–Crippen LogP) is 3.30. The lowest BCUT2D eigenvalue weighted by molar-refractivity contribution is -0.173. The van der Waals surface area contributed by atoms with Crippen LogP contribution in [0.3, 0.4) is 0 Å². The van der Waals surface area contributed by atoms with Gasteiger partial charge >= 0.3 is 6.18 Å². The summed E-state index contributed by atoms with van der Waals surface area (Å²) in [5, 5.41) is 6.37. The minimum absolute atomic E-state index is 0.0529. The summed E-state index contributed by atoms with van der Waals surface area (Å²) >= 11 is 5.99. The van der Waals surface area contributed by atoms with Gasteiger partial charge in [0.2, 0.25) is 0 Å². The molecule has 0 fully saturated rings. The maximum atomic E-state index is 13.4. The van der Waals surface area contributed by atoms with E-state index in [1.807, 2.05) is 0 Å². The zero-order valence-corrected chi connectivity index (χ0v) is 12.4. The molecule has 23 heavy (non-hydrogen) atoms. The highest BCUT2D eigenvalue weighted by molar-refractivity contribution is 6.36. The molecule has 9 heteroatoms. The number of hydrogen-bond acceptors (Lipinski definition) is 3. The maximum Gasteiger partial charge on any atom is 0.410 e. The number of nitrogens with two attached hydrogens (primary N) is 1. The van der Waals surface area contributed by atoms with Gasteiger partial charge in [0.1, 0.15) is 10.8 Å². The summed E-state index contributed by atoms with van der Waals surface area (Å²) in [6.45, 7) is 0. The second kappa shape index (κ2) is 5.45. The topological polar surface area (TPSA) is 72.9 Å². The van der Waals surface area contributed by atoms with Crippen molar-refractivity contribution in [1.29, 1.82) is 0 Å². The van der Waals surface area contributed by atoms with E-state index in [-0.39, 0.29) is 23.0 Å². The van der Waals surface area contributed by atoms with Crippen molar-refractivity contribution in [3.05, 3.63) is 46.6 Å². The molecule has 2 atom stereocenters. The molecule has 2 aromatic rings. The fraction of sp³-hybridized carbons (Fsp3) is 0.286. The van der Waals surface area contributed by atoms with E-state index in [2.05, 4.69) is 10.4 Å². The van der Waals surface area contributed by atoms with Gasteiger partial charge in [0.15, 0.2) is 11.7 Å². The molecule has 0 unspecified atom stereocenters. The normalized spacial score (nSPS) is 20.7. The number of benzene rings is 1. The fourth-order valence-electron chi connectivity index (χ4n) is 2.65. The Kier molecular flexibility index (Phi) is 3.71. The number of rotatable bonds is 2. The molecule has 0 bridgehead atoms. The summed E-state index contributed by atoms with van der Waals surface area (Å²) in [4.78, 5) is 11.3. The lowest BCUT2D eigenvalue weighted by Crippen LogP contribution is -2.35. The Morgan fingerprint density at radius 3 is 2.57 bits per heavy atom. The third kappa shape index (κ3) is 2.74. The van der Waals surface area contributed by atoms with Crippen molar-refractivity contribution in [2.45, 2.75) is 24.7 Å². The van der Waals surface area contributed by atoms with Gasteiger partial charge in [-0.2, -0.15) is 18.3 Å². The van der Waals surface area contributed by atoms with Crippen LogP contribution < -0.4 is 11.1 Å². The van der Waals surface area contributed by atoms with Gasteiger partial charge in [-0.25, -0.2) is 4.68 Å². The number of carbonyl (C=O) groups excluding carboxylic acids is 1. The van der Waals surface area contributed by atoms with Crippen LogP contribution in [0.2, 0.25) is 5.02 Å². The Morgan fingerprint density at radius 1 is 1.35 bits per heavy atom. The van der Waals surface area contributed by atoms with Crippen molar-refractivity contribution in [3.63, 3.8) is 0 Å². The third-order valence-corrected chi connectivity index (χ3v) is 4.09. The van der Waals surface area contributed by atoms with E-state index in [1.165, 1.54) is 0 Å². The van der Waals surface area contributed by atoms with E-state index in [9.17, 15) is 18.0 Å². The molecule has 5 nitrogen and oxygen atoms in total. The molecule has 1 aliphatic rings. The van der Waals surface area contributed by atoms with Crippen LogP contribution in [0.5, 0.6) is 0 Å². The Bertz CT molecular complexity index is 744. The summed E-state index contributed by atoms with van der Waals surface area (Å²) < 4.78 is 40.9. The first-order valence-electron chi connectivity index (χ1n) is 6.75. The minimum atomic E-state index is -4.53. The lowest BCUT2D eigenvalue weighted by atomic mass is 9.97. The molecule has 0 spiro atoms. The number of hydrogen-bond donors (Lipinski definition) is 2. The number of halogens is 4. The predicted molar refractivity (Wildman–Crippen MR) is 78.3 cm³/mol. The SMILES string of the molecule is NC(=O)c1nn2c(c1Cl)N[C@@H](c1ccccc1)C[C@@H]2C(F)(F)F. The van der Waals surface area contributed by atoms with Crippen LogP contribution in [0.1, 0.15) is 34.6 Å². The quantitative estimate of drug-likeness (QED) is 0.878. The van der Waals surface area contributed by atoms with Gasteiger partial charge in [-0.05, 0) is 5.56 Å². The molecule has 0 radical (unpaired) electrons. The highest BCUT2D eigenvalue weighted by atomic mass is 35.5. The minimum Gasteiger partial charge on any atom is -0.364 e. The summed E-state index contributed by atoms with van der Waals surface area (Å²) in [5.74, 6) is -1.03. The highest BCUT2D eigenvalue weighted by Crippen LogP contribution is 2.46. The van der Waals surface area contributed by atoms with Crippen LogP contribution >= 0.6 is 11.6 Å². The molecule has 3 N–H and O–H groups in total. The average Bonchev–Trinajstić information content (AvgIpc) is 2.84. The zero-order valence-electron chi connectivity index (χ0n) is 11.6. The number of nitrogens with one attached hydrogen (secondary N) is 1. The molecular weight excluding hydrogens is 333 g/mol. The molecule has 1 amide bonds. The molecule has 0 aliphatic carbocycles. The molecule has 0 saturated heterocycles. The van der Waals surface area contributed by atoms with Crippen LogP contribution in [0, 0.1) is 0 Å². The summed E-state index contributed by atoms with van der Waals surface area (Å²) in [6, 6.07) is 6.19. The molecular formula is C14H12ClF3N4O. The number of alkyl halides is 3. The number of carbonyl (C=O) groups is 1. The van der Waals surface area contributed by atoms with Gasteiger partial charge in [0.25, 0.3) is 5.91 Å². The number of anilines is 1. The van der Waals surface area contributed by atoms with Gasteiger partial charge in [0.05, 0.1) is 6.04 Å². The zero-order chi connectivity index (χ0) is 16.8. The third-order valence-electron chi connectivity index (χ3n) is 3.73. The van der Waals surface area contributed by atoms with Crippen LogP contribution in [-0.4, -0.2) is 21.9 Å². The first-order valence-corrected chi connectivity index (χ1v) is 7.13. The number of aromatic nitrogens is 2. The van der Waals surface area contributed by atoms with E-state index in [1.54, 1.807) is 30.3 Å². The van der Waals surface area contributed by atoms with Gasteiger partial charge in [-0.1, -0.05) is 41.9 Å². The second-order valence-electron chi connectivity index (χ2n) is 5.22. The number of fused-ring (bicyclic) bond motifs is 1. The lowest BCUT2D eigenvalue weighted by Gasteiger charge is -2.33. The Labute approximate surface area is 134 Å². The highest BCUT2D eigenvalue weighted by Gasteiger charge is 2.47. The second-order valence-corrected chi connectivity index (χ2v) is 5.60. The van der Waals surface area contributed by atoms with Crippen LogP contribution in [0.4, 0.5) is 19.0 Å². The van der Waals surface area contributed by atoms with Crippen LogP contribution in [0.25, 0.3) is 0 Å². The number of primary amides is 1. The van der Waals surface area contributed by atoms with Crippen LogP contribution in [0.15, 0.2) is 30.3 Å². The molecule has 1 aliphatic heterocycles. The monoisotopic (exact) mass is 344 g/mol. The first kappa shape index (κ1) is 15.7. The maximum absolute atomic E-state index is 13.4. The summed E-state index contributed by atoms with van der Waals surface area (Å²) in [6.07, 6.45) is -4.80.